The van der Waals surface area contributed by atoms with Crippen molar-refractivity contribution in [2.24, 2.45) is 0 Å². The largest absolute Gasteiger partial charge is 0.491 e. The number of likely N-dealkylation sites (N-methyl/N-ethyl adjacent to an activating group) is 1. The smallest absolute Gasteiger partial charge is 0.409 e. The van der Waals surface area contributed by atoms with Gasteiger partial charge in [0, 0.05) is 19.5 Å². The standard InChI is InChI=1S/C38H51NO10/c1-39(38(40)49-31-37-35-13-7-5-11-33(35)34-12-6-8-14-36(34)37)15-16-41-17-18-42-19-20-43-21-22-44-23-24-45-25-26-46-27-28-47-29-30-48-32-9-3-2-4-10-32/h2-14,37H,15-31H2,1H3. The molecule has 4 rings (SSSR count). The summed E-state index contributed by atoms with van der Waals surface area (Å²) in [5, 5.41) is 0. The van der Waals surface area contributed by atoms with Crippen molar-refractivity contribution in [3.8, 4) is 16.9 Å². The van der Waals surface area contributed by atoms with Crippen molar-refractivity contribution in [1.82, 2.24) is 4.90 Å². The number of rotatable bonds is 27. The number of carbonyl (C=O) groups is 1. The Balaban J connectivity index is 0.852. The van der Waals surface area contributed by atoms with Crippen LogP contribution in [0, 0.1) is 0 Å². The van der Waals surface area contributed by atoms with Gasteiger partial charge in [-0.25, -0.2) is 4.79 Å². The Labute approximate surface area is 290 Å². The van der Waals surface area contributed by atoms with Gasteiger partial charge in [-0.3, -0.25) is 0 Å². The summed E-state index contributed by atoms with van der Waals surface area (Å²) in [7, 11) is 1.72. The summed E-state index contributed by atoms with van der Waals surface area (Å²) in [4.78, 5) is 14.1. The molecule has 0 bridgehead atoms. The molecule has 0 spiro atoms. The Kier molecular flexibility index (Phi) is 18.5. The quantitative estimate of drug-likeness (QED) is 0.102. The number of hydrogen-bond donors (Lipinski definition) is 0. The summed E-state index contributed by atoms with van der Waals surface area (Å²) in [6.45, 7) is 8.03. The molecule has 49 heavy (non-hydrogen) atoms. The molecular formula is C38H51NO10. The molecular weight excluding hydrogens is 630 g/mol. The normalized spacial score (nSPS) is 12.1. The molecule has 0 fully saturated rings. The lowest BCUT2D eigenvalue weighted by Gasteiger charge is -2.19. The molecule has 1 aliphatic carbocycles. The van der Waals surface area contributed by atoms with Crippen molar-refractivity contribution in [3.63, 3.8) is 0 Å². The van der Waals surface area contributed by atoms with Gasteiger partial charge < -0.3 is 47.5 Å². The maximum absolute atomic E-state index is 12.6. The number of ether oxygens (including phenoxy) is 9. The molecule has 0 radical (unpaired) electrons. The van der Waals surface area contributed by atoms with Gasteiger partial charge in [-0.15, -0.1) is 0 Å². The highest BCUT2D eigenvalue weighted by molar-refractivity contribution is 5.79. The minimum atomic E-state index is -0.361. The second-order valence-corrected chi connectivity index (χ2v) is 11.2. The number of para-hydroxylation sites is 1. The van der Waals surface area contributed by atoms with Crippen LogP contribution in [-0.2, 0) is 37.9 Å². The molecule has 0 N–H and O–H groups in total. The Morgan fingerprint density at radius 1 is 0.510 bits per heavy atom. The van der Waals surface area contributed by atoms with E-state index in [1.54, 1.807) is 7.05 Å². The summed E-state index contributed by atoms with van der Waals surface area (Å²) < 4.78 is 49.9. The van der Waals surface area contributed by atoms with Crippen molar-refractivity contribution in [1.29, 1.82) is 0 Å². The lowest BCUT2D eigenvalue weighted by Crippen LogP contribution is -2.32. The van der Waals surface area contributed by atoms with Gasteiger partial charge in [0.25, 0.3) is 0 Å². The van der Waals surface area contributed by atoms with Crippen molar-refractivity contribution < 1.29 is 47.4 Å². The van der Waals surface area contributed by atoms with Gasteiger partial charge in [0.2, 0.25) is 0 Å². The minimum absolute atomic E-state index is 0.0421. The highest BCUT2D eigenvalue weighted by Gasteiger charge is 2.29. The Morgan fingerprint density at radius 3 is 1.37 bits per heavy atom. The molecule has 3 aromatic rings. The van der Waals surface area contributed by atoms with Crippen molar-refractivity contribution in [2.75, 3.05) is 119 Å². The van der Waals surface area contributed by atoms with E-state index in [0.717, 1.165) is 5.75 Å². The molecule has 0 aromatic heterocycles. The molecule has 0 aliphatic heterocycles. The average molecular weight is 682 g/mol. The molecule has 0 atom stereocenters. The fourth-order valence-corrected chi connectivity index (χ4v) is 5.15. The van der Waals surface area contributed by atoms with Crippen LogP contribution in [0.15, 0.2) is 78.9 Å². The molecule has 1 aliphatic rings. The van der Waals surface area contributed by atoms with E-state index in [4.69, 9.17) is 42.6 Å². The average Bonchev–Trinajstić information content (AvgIpc) is 3.46. The van der Waals surface area contributed by atoms with Crippen LogP contribution in [0.5, 0.6) is 5.75 Å². The third-order valence-electron chi connectivity index (χ3n) is 7.69. The van der Waals surface area contributed by atoms with Gasteiger partial charge in [-0.2, -0.15) is 0 Å². The summed E-state index contributed by atoms with van der Waals surface area (Å²) >= 11 is 0. The van der Waals surface area contributed by atoms with Crippen LogP contribution in [0.25, 0.3) is 11.1 Å². The van der Waals surface area contributed by atoms with Gasteiger partial charge in [-0.05, 0) is 34.4 Å². The van der Waals surface area contributed by atoms with E-state index in [1.807, 2.05) is 54.6 Å². The van der Waals surface area contributed by atoms with Crippen LogP contribution in [-0.4, -0.2) is 130 Å². The Hall–Kier alpha value is -3.55. The zero-order chi connectivity index (χ0) is 34.2. The summed E-state index contributed by atoms with van der Waals surface area (Å²) in [5.74, 6) is 0.882. The van der Waals surface area contributed by atoms with Gasteiger partial charge in [0.1, 0.15) is 19.0 Å². The molecule has 0 saturated heterocycles. The number of hydrogen-bond acceptors (Lipinski definition) is 10. The van der Waals surface area contributed by atoms with Gasteiger partial charge in [-0.1, -0.05) is 66.7 Å². The van der Waals surface area contributed by atoms with Gasteiger partial charge in [0.15, 0.2) is 0 Å². The molecule has 1 amide bonds. The van der Waals surface area contributed by atoms with Gasteiger partial charge >= 0.3 is 6.09 Å². The second-order valence-electron chi connectivity index (χ2n) is 11.2. The number of carbonyl (C=O) groups excluding carboxylic acids is 1. The van der Waals surface area contributed by atoms with Crippen molar-refractivity contribution >= 4 is 6.09 Å². The molecule has 0 heterocycles. The fraction of sp³-hybridized carbons (Fsp3) is 0.500. The number of benzene rings is 3. The van der Waals surface area contributed by atoms with E-state index in [-0.39, 0.29) is 12.0 Å². The summed E-state index contributed by atoms with van der Waals surface area (Å²) in [5.41, 5.74) is 4.81. The first kappa shape index (κ1) is 38.3. The van der Waals surface area contributed by atoms with E-state index in [9.17, 15) is 4.79 Å². The first-order chi connectivity index (χ1) is 24.2. The zero-order valence-electron chi connectivity index (χ0n) is 28.6. The van der Waals surface area contributed by atoms with Crippen molar-refractivity contribution in [3.05, 3.63) is 90.0 Å². The van der Waals surface area contributed by atoms with Gasteiger partial charge in [0.05, 0.1) is 92.5 Å². The second kappa shape index (κ2) is 23.7. The summed E-state index contributed by atoms with van der Waals surface area (Å²) in [6, 6.07) is 26.3. The van der Waals surface area contributed by atoms with E-state index in [0.29, 0.717) is 112 Å². The predicted molar refractivity (Wildman–Crippen MR) is 185 cm³/mol. The van der Waals surface area contributed by atoms with E-state index in [1.165, 1.54) is 27.2 Å². The number of nitrogens with zero attached hydrogens (tertiary/aromatic N) is 1. The van der Waals surface area contributed by atoms with E-state index >= 15 is 0 Å². The molecule has 3 aromatic carbocycles. The maximum atomic E-state index is 12.6. The van der Waals surface area contributed by atoms with Crippen LogP contribution >= 0.6 is 0 Å². The lowest BCUT2D eigenvalue weighted by atomic mass is 9.98. The number of fused-ring (bicyclic) bond motifs is 3. The highest BCUT2D eigenvalue weighted by atomic mass is 16.6. The fourth-order valence-electron chi connectivity index (χ4n) is 5.15. The highest BCUT2D eigenvalue weighted by Crippen LogP contribution is 2.44. The molecule has 11 nitrogen and oxygen atoms in total. The van der Waals surface area contributed by atoms with E-state index < -0.39 is 0 Å². The Morgan fingerprint density at radius 2 is 0.898 bits per heavy atom. The maximum Gasteiger partial charge on any atom is 0.409 e. The predicted octanol–water partition coefficient (Wildman–Crippen LogP) is 5.06. The van der Waals surface area contributed by atoms with E-state index in [2.05, 4.69) is 24.3 Å². The SMILES string of the molecule is CN(CCOCCOCCOCCOCCOCCOCCOCCOc1ccccc1)C(=O)OCC1c2ccccc2-c2ccccc21. The van der Waals surface area contributed by atoms with Crippen LogP contribution in [0.1, 0.15) is 17.0 Å². The molecule has 0 saturated carbocycles. The first-order valence-electron chi connectivity index (χ1n) is 17.0. The minimum Gasteiger partial charge on any atom is -0.491 e. The zero-order valence-corrected chi connectivity index (χ0v) is 28.6. The topological polar surface area (TPSA) is 103 Å². The first-order valence-corrected chi connectivity index (χ1v) is 17.0. The Bertz CT molecular complexity index is 1260. The van der Waals surface area contributed by atoms with Crippen LogP contribution in [0.4, 0.5) is 4.79 Å². The monoisotopic (exact) mass is 681 g/mol. The molecule has 0 unspecified atom stereocenters. The third kappa shape index (κ3) is 14.5. The van der Waals surface area contributed by atoms with Crippen LogP contribution in [0.2, 0.25) is 0 Å². The summed E-state index contributed by atoms with van der Waals surface area (Å²) in [6.07, 6.45) is -0.361. The van der Waals surface area contributed by atoms with Crippen LogP contribution in [0.3, 0.4) is 0 Å². The van der Waals surface area contributed by atoms with Crippen LogP contribution < -0.4 is 4.74 Å². The van der Waals surface area contributed by atoms with Crippen molar-refractivity contribution in [2.45, 2.75) is 5.92 Å². The number of amides is 1. The molecule has 11 heteroatoms. The third-order valence-corrected chi connectivity index (χ3v) is 7.69. The molecule has 268 valence electrons. The lowest BCUT2D eigenvalue weighted by molar-refractivity contribution is -0.0215.